The van der Waals surface area contributed by atoms with Crippen LogP contribution in [-0.2, 0) is 4.79 Å². The summed E-state index contributed by atoms with van der Waals surface area (Å²) in [5.74, 6) is -0.0725. The van der Waals surface area contributed by atoms with Crippen molar-refractivity contribution in [2.45, 2.75) is 0 Å². The van der Waals surface area contributed by atoms with Crippen LogP contribution in [0.5, 0.6) is 0 Å². The van der Waals surface area contributed by atoms with Gasteiger partial charge in [0, 0.05) is 19.4 Å². The van der Waals surface area contributed by atoms with E-state index < -0.39 is 0 Å². The van der Waals surface area contributed by atoms with Gasteiger partial charge in [0.2, 0.25) is 5.91 Å². The van der Waals surface area contributed by atoms with Crippen molar-refractivity contribution in [3.63, 3.8) is 0 Å². The number of hydrogen-bond acceptors (Lipinski definition) is 2. The summed E-state index contributed by atoms with van der Waals surface area (Å²) in [5.41, 5.74) is 1.72. The molecule has 0 fully saturated rings. The third-order valence-electron chi connectivity index (χ3n) is 2.41. The smallest absolute Gasteiger partial charge is 0.243 e. The molecule has 0 saturated carbocycles. The fraction of sp³-hybridized carbons (Fsp3) is 0.0714. The molecule has 0 aromatic heterocycles. The molecule has 19 heavy (non-hydrogen) atoms. The highest BCUT2D eigenvalue weighted by molar-refractivity contribution is 14.1. The van der Waals surface area contributed by atoms with Gasteiger partial charge in [0.25, 0.3) is 0 Å². The Morgan fingerprint density at radius 2 is 1.84 bits per heavy atom. The van der Waals surface area contributed by atoms with Gasteiger partial charge >= 0.3 is 0 Å². The zero-order valence-corrected chi connectivity index (χ0v) is 13.7. The van der Waals surface area contributed by atoms with E-state index >= 15 is 0 Å². The summed E-state index contributed by atoms with van der Waals surface area (Å²) in [4.78, 5) is 11.8. The summed E-state index contributed by atoms with van der Waals surface area (Å²) >= 11 is 5.61. The molecule has 0 bridgehead atoms. The number of benzene rings is 2. The summed E-state index contributed by atoms with van der Waals surface area (Å²) in [7, 11) is 0. The minimum atomic E-state index is -0.0725. The lowest BCUT2D eigenvalue weighted by atomic mass is 10.3. The topological polar surface area (TPSA) is 41.1 Å². The van der Waals surface area contributed by atoms with Crippen molar-refractivity contribution in [2.75, 3.05) is 17.2 Å². The molecule has 0 radical (unpaired) electrons. The Bertz CT molecular complexity index is 572. The molecule has 0 aliphatic rings. The van der Waals surface area contributed by atoms with Crippen LogP contribution >= 0.6 is 38.5 Å². The van der Waals surface area contributed by atoms with Crippen LogP contribution in [0.4, 0.5) is 11.4 Å². The minimum absolute atomic E-state index is 0.0725. The molecule has 0 heterocycles. The molecule has 0 aliphatic heterocycles. The summed E-state index contributed by atoms with van der Waals surface area (Å²) in [5, 5.41) is 5.91. The molecule has 2 rings (SSSR count). The molecule has 2 N–H and O–H groups in total. The van der Waals surface area contributed by atoms with Crippen molar-refractivity contribution in [1.29, 1.82) is 0 Å². The first-order chi connectivity index (χ1) is 9.13. The van der Waals surface area contributed by atoms with E-state index in [1.54, 1.807) is 0 Å². The highest BCUT2D eigenvalue weighted by Gasteiger charge is 2.02. The van der Waals surface area contributed by atoms with E-state index in [1.165, 1.54) is 3.57 Å². The van der Waals surface area contributed by atoms with Gasteiger partial charge in [-0.2, -0.15) is 0 Å². The van der Waals surface area contributed by atoms with E-state index in [2.05, 4.69) is 49.2 Å². The second-order valence-electron chi connectivity index (χ2n) is 3.92. The lowest BCUT2D eigenvalue weighted by molar-refractivity contribution is -0.114. The average molecular weight is 431 g/mol. The van der Waals surface area contributed by atoms with E-state index in [4.69, 9.17) is 0 Å². The van der Waals surface area contributed by atoms with Crippen LogP contribution in [0, 0.1) is 3.57 Å². The number of anilines is 2. The number of halogens is 2. The molecule has 0 saturated heterocycles. The monoisotopic (exact) mass is 430 g/mol. The molecule has 3 nitrogen and oxygen atoms in total. The van der Waals surface area contributed by atoms with Crippen LogP contribution in [0.2, 0.25) is 0 Å². The maximum atomic E-state index is 11.8. The van der Waals surface area contributed by atoms with Gasteiger partial charge in [-0.25, -0.2) is 0 Å². The first-order valence-corrected chi connectivity index (χ1v) is 7.55. The van der Waals surface area contributed by atoms with Gasteiger partial charge in [0.15, 0.2) is 0 Å². The predicted molar refractivity (Wildman–Crippen MR) is 90.4 cm³/mol. The van der Waals surface area contributed by atoms with Crippen molar-refractivity contribution in [3.8, 4) is 0 Å². The maximum absolute atomic E-state index is 11.8. The molecule has 0 unspecified atom stereocenters. The zero-order valence-electron chi connectivity index (χ0n) is 9.99. The first-order valence-electron chi connectivity index (χ1n) is 5.68. The average Bonchev–Trinajstić information content (AvgIpc) is 2.38. The van der Waals surface area contributed by atoms with E-state index in [1.807, 2.05) is 48.5 Å². The molecule has 1 amide bonds. The van der Waals surface area contributed by atoms with Crippen molar-refractivity contribution >= 4 is 55.8 Å². The Morgan fingerprint density at radius 3 is 2.53 bits per heavy atom. The van der Waals surface area contributed by atoms with Crippen molar-refractivity contribution in [1.82, 2.24) is 0 Å². The fourth-order valence-corrected chi connectivity index (χ4v) is 2.28. The van der Waals surface area contributed by atoms with Crippen LogP contribution in [0.15, 0.2) is 53.0 Å². The minimum Gasteiger partial charge on any atom is -0.376 e. The second-order valence-corrected chi connectivity index (χ2v) is 6.08. The van der Waals surface area contributed by atoms with Gasteiger partial charge < -0.3 is 10.6 Å². The third kappa shape index (κ3) is 4.83. The molecular weight excluding hydrogens is 419 g/mol. The largest absolute Gasteiger partial charge is 0.376 e. The summed E-state index contributed by atoms with van der Waals surface area (Å²) in [6.45, 7) is 0.243. The molecular formula is C14H12BrIN2O. The molecule has 2 aromatic carbocycles. The predicted octanol–water partition coefficient (Wildman–Crippen LogP) is 4.10. The number of carbonyl (C=O) groups is 1. The van der Waals surface area contributed by atoms with Crippen LogP contribution in [0.25, 0.3) is 0 Å². The number of carbonyl (C=O) groups excluding carboxylic acids is 1. The lowest BCUT2D eigenvalue weighted by Crippen LogP contribution is -2.21. The normalized spacial score (nSPS) is 10.0. The standard InChI is InChI=1S/C14H12BrIN2O/c15-10-2-1-3-13(8-10)18-14(19)9-17-12-6-4-11(16)5-7-12/h1-8,17H,9H2,(H,18,19). The van der Waals surface area contributed by atoms with Gasteiger partial charge in [-0.1, -0.05) is 22.0 Å². The number of amides is 1. The van der Waals surface area contributed by atoms with Crippen molar-refractivity contribution in [2.24, 2.45) is 0 Å². The second kappa shape index (κ2) is 6.91. The Morgan fingerprint density at radius 1 is 1.11 bits per heavy atom. The van der Waals surface area contributed by atoms with Gasteiger partial charge in [-0.05, 0) is 65.1 Å². The highest BCUT2D eigenvalue weighted by Crippen LogP contribution is 2.15. The van der Waals surface area contributed by atoms with E-state index in [0.717, 1.165) is 15.8 Å². The van der Waals surface area contributed by atoms with Gasteiger partial charge in [-0.3, -0.25) is 4.79 Å². The quantitative estimate of drug-likeness (QED) is 0.717. The van der Waals surface area contributed by atoms with Crippen LogP contribution in [0.3, 0.4) is 0 Å². The number of rotatable bonds is 4. The third-order valence-corrected chi connectivity index (χ3v) is 3.62. The van der Waals surface area contributed by atoms with Crippen molar-refractivity contribution < 1.29 is 4.79 Å². The Balaban J connectivity index is 1.86. The fourth-order valence-electron chi connectivity index (χ4n) is 1.52. The summed E-state index contributed by atoms with van der Waals surface area (Å²) in [6, 6.07) is 15.4. The van der Waals surface area contributed by atoms with Gasteiger partial charge in [0.1, 0.15) is 0 Å². The van der Waals surface area contributed by atoms with Gasteiger partial charge in [-0.15, -0.1) is 0 Å². The highest BCUT2D eigenvalue weighted by atomic mass is 127. The van der Waals surface area contributed by atoms with E-state index in [0.29, 0.717) is 0 Å². The SMILES string of the molecule is O=C(CNc1ccc(I)cc1)Nc1cccc(Br)c1. The Hall–Kier alpha value is -1.08. The molecule has 2 aromatic rings. The molecule has 0 atom stereocenters. The molecule has 0 spiro atoms. The van der Waals surface area contributed by atoms with Gasteiger partial charge in [0.05, 0.1) is 6.54 Å². The van der Waals surface area contributed by atoms with Crippen LogP contribution < -0.4 is 10.6 Å². The van der Waals surface area contributed by atoms with E-state index in [-0.39, 0.29) is 12.5 Å². The lowest BCUT2D eigenvalue weighted by Gasteiger charge is -2.08. The summed E-state index contributed by atoms with van der Waals surface area (Å²) in [6.07, 6.45) is 0. The molecule has 5 heteroatoms. The van der Waals surface area contributed by atoms with Crippen LogP contribution in [0.1, 0.15) is 0 Å². The number of hydrogen-bond donors (Lipinski definition) is 2. The van der Waals surface area contributed by atoms with Crippen LogP contribution in [-0.4, -0.2) is 12.5 Å². The molecule has 98 valence electrons. The number of nitrogens with one attached hydrogen (secondary N) is 2. The Labute approximate surface area is 134 Å². The van der Waals surface area contributed by atoms with Crippen molar-refractivity contribution in [3.05, 3.63) is 56.6 Å². The zero-order chi connectivity index (χ0) is 13.7. The maximum Gasteiger partial charge on any atom is 0.243 e. The van der Waals surface area contributed by atoms with E-state index in [9.17, 15) is 4.79 Å². The molecule has 0 aliphatic carbocycles. The summed E-state index contributed by atoms with van der Waals surface area (Å²) < 4.78 is 2.11. The Kier molecular flexibility index (Phi) is 5.21. The first kappa shape index (κ1) is 14.3.